The summed E-state index contributed by atoms with van der Waals surface area (Å²) < 4.78 is 25.1. The van der Waals surface area contributed by atoms with E-state index in [9.17, 15) is 13.2 Å². The summed E-state index contributed by atoms with van der Waals surface area (Å²) in [5, 5.41) is 9.35. The Balaban J connectivity index is 2.38. The molecule has 2 rings (SSSR count). The van der Waals surface area contributed by atoms with Gasteiger partial charge in [0, 0.05) is 6.54 Å². The van der Waals surface area contributed by atoms with Gasteiger partial charge in [-0.25, -0.2) is 8.42 Å². The molecule has 7 nitrogen and oxygen atoms in total. The Morgan fingerprint density at radius 1 is 1.32 bits per heavy atom. The molecule has 1 heterocycles. The van der Waals surface area contributed by atoms with Crippen molar-refractivity contribution in [2.24, 2.45) is 5.73 Å². The van der Waals surface area contributed by atoms with Gasteiger partial charge in [-0.15, -0.1) is 10.2 Å². The summed E-state index contributed by atoms with van der Waals surface area (Å²) in [6, 6.07) is 8.12. The molecule has 0 spiro atoms. The zero-order valence-electron chi connectivity index (χ0n) is 11.9. The van der Waals surface area contributed by atoms with Crippen LogP contribution < -0.4 is 11.1 Å². The van der Waals surface area contributed by atoms with Crippen molar-refractivity contribution in [2.45, 2.75) is 22.9 Å². The van der Waals surface area contributed by atoms with E-state index in [4.69, 9.17) is 5.73 Å². The van der Waals surface area contributed by atoms with E-state index in [2.05, 4.69) is 15.5 Å². The molecule has 0 aliphatic rings. The maximum absolute atomic E-state index is 12.6. The van der Waals surface area contributed by atoms with Gasteiger partial charge in [0.05, 0.1) is 0 Å². The van der Waals surface area contributed by atoms with Crippen molar-refractivity contribution in [3.05, 3.63) is 35.9 Å². The van der Waals surface area contributed by atoms with Gasteiger partial charge in [-0.05, 0) is 12.0 Å². The molecule has 0 saturated carbocycles. The molecule has 0 saturated heterocycles. The van der Waals surface area contributed by atoms with E-state index in [0.717, 1.165) is 17.8 Å². The quantitative estimate of drug-likeness (QED) is 0.786. The van der Waals surface area contributed by atoms with Crippen molar-refractivity contribution in [3.63, 3.8) is 0 Å². The first-order valence-corrected chi connectivity index (χ1v) is 8.98. The minimum absolute atomic E-state index is 0.223. The topological polar surface area (TPSA) is 115 Å². The first-order valence-electron chi connectivity index (χ1n) is 6.62. The molecule has 1 amide bonds. The lowest BCUT2D eigenvalue weighted by Gasteiger charge is -2.12. The van der Waals surface area contributed by atoms with Crippen molar-refractivity contribution in [1.29, 1.82) is 0 Å². The van der Waals surface area contributed by atoms with E-state index >= 15 is 0 Å². The molecule has 118 valence electrons. The molecule has 9 heteroatoms. The fourth-order valence-corrected chi connectivity index (χ4v) is 4.52. The number of benzene rings is 1. The Labute approximate surface area is 132 Å². The first kappa shape index (κ1) is 16.4. The van der Waals surface area contributed by atoms with E-state index in [-0.39, 0.29) is 4.34 Å². The Hall–Kier alpha value is -2.00. The lowest BCUT2D eigenvalue weighted by Crippen LogP contribution is -2.28. The van der Waals surface area contributed by atoms with Gasteiger partial charge < -0.3 is 11.1 Å². The van der Waals surface area contributed by atoms with Crippen LogP contribution in [-0.2, 0) is 14.6 Å². The van der Waals surface area contributed by atoms with E-state index in [0.29, 0.717) is 17.2 Å². The van der Waals surface area contributed by atoms with Crippen LogP contribution in [0, 0.1) is 0 Å². The van der Waals surface area contributed by atoms with E-state index in [1.165, 1.54) is 0 Å². The fraction of sp³-hybridized carbons (Fsp3) is 0.308. The van der Waals surface area contributed by atoms with Crippen LogP contribution in [0.5, 0.6) is 0 Å². The SMILES string of the molecule is CCCNc1nnc(S(=O)(=O)[C@@H](C(N)=O)c2ccccc2)s1. The number of nitrogens with one attached hydrogen (secondary N) is 1. The zero-order valence-corrected chi connectivity index (χ0v) is 13.5. The monoisotopic (exact) mass is 340 g/mol. The fourth-order valence-electron chi connectivity index (χ4n) is 1.85. The molecular weight excluding hydrogens is 324 g/mol. The number of aromatic nitrogens is 2. The number of nitrogens with zero attached hydrogens (tertiary/aromatic N) is 2. The number of hydrogen-bond donors (Lipinski definition) is 2. The maximum Gasteiger partial charge on any atom is 0.240 e. The number of primary amides is 1. The smallest absolute Gasteiger partial charge is 0.240 e. The largest absolute Gasteiger partial charge is 0.368 e. The van der Waals surface area contributed by atoms with Gasteiger partial charge in [0.15, 0.2) is 5.25 Å². The van der Waals surface area contributed by atoms with Crippen molar-refractivity contribution in [3.8, 4) is 0 Å². The minimum Gasteiger partial charge on any atom is -0.368 e. The Morgan fingerprint density at radius 2 is 2.00 bits per heavy atom. The van der Waals surface area contributed by atoms with Crippen LogP contribution in [0.3, 0.4) is 0 Å². The summed E-state index contributed by atoms with van der Waals surface area (Å²) in [5.74, 6) is -0.940. The minimum atomic E-state index is -4.03. The van der Waals surface area contributed by atoms with Gasteiger partial charge in [0.2, 0.25) is 25.2 Å². The number of rotatable bonds is 7. The molecular formula is C13H16N4O3S2. The van der Waals surface area contributed by atoms with E-state index in [1.54, 1.807) is 30.3 Å². The van der Waals surface area contributed by atoms with Gasteiger partial charge in [0.25, 0.3) is 0 Å². The Kier molecular flexibility index (Phi) is 5.09. The Morgan fingerprint density at radius 3 is 2.59 bits per heavy atom. The lowest BCUT2D eigenvalue weighted by molar-refractivity contribution is -0.117. The first-order chi connectivity index (χ1) is 10.5. The van der Waals surface area contributed by atoms with Crippen LogP contribution in [0.2, 0.25) is 0 Å². The van der Waals surface area contributed by atoms with Gasteiger partial charge in [-0.3, -0.25) is 4.79 Å². The highest BCUT2D eigenvalue weighted by atomic mass is 32.2. The maximum atomic E-state index is 12.6. The molecule has 2 aromatic rings. The molecule has 0 bridgehead atoms. The highest BCUT2D eigenvalue weighted by Crippen LogP contribution is 2.31. The van der Waals surface area contributed by atoms with Crippen LogP contribution in [-0.4, -0.2) is 31.1 Å². The predicted octanol–water partition coefficient (Wildman–Crippen LogP) is 1.36. The summed E-state index contributed by atoms with van der Waals surface area (Å²) in [7, 11) is -4.03. The second kappa shape index (κ2) is 6.84. The number of carbonyl (C=O) groups is 1. The number of carbonyl (C=O) groups excluding carboxylic acids is 1. The standard InChI is InChI=1S/C13H16N4O3S2/c1-2-8-15-12-16-17-13(21-12)22(19,20)10(11(14)18)9-6-4-3-5-7-9/h3-7,10H,2,8H2,1H3,(H2,14,18)(H,15,16)/t10-/m1/s1. The molecule has 1 aromatic carbocycles. The predicted molar refractivity (Wildman–Crippen MR) is 84.3 cm³/mol. The van der Waals surface area contributed by atoms with Gasteiger partial charge in [-0.2, -0.15) is 0 Å². The van der Waals surface area contributed by atoms with Crippen molar-refractivity contribution in [2.75, 3.05) is 11.9 Å². The molecule has 1 atom stereocenters. The third-order valence-corrected chi connectivity index (χ3v) is 6.16. The highest BCUT2D eigenvalue weighted by molar-refractivity contribution is 7.94. The van der Waals surface area contributed by atoms with Crippen LogP contribution in [0.1, 0.15) is 24.2 Å². The van der Waals surface area contributed by atoms with Gasteiger partial charge in [-0.1, -0.05) is 48.6 Å². The molecule has 0 radical (unpaired) electrons. The molecule has 22 heavy (non-hydrogen) atoms. The van der Waals surface area contributed by atoms with Crippen LogP contribution in [0.4, 0.5) is 5.13 Å². The van der Waals surface area contributed by atoms with Crippen LogP contribution >= 0.6 is 11.3 Å². The number of hydrogen-bond acceptors (Lipinski definition) is 7. The second-order valence-electron chi connectivity index (χ2n) is 4.54. The Bertz CT molecular complexity index is 744. The summed E-state index contributed by atoms with van der Waals surface area (Å²) >= 11 is 0.891. The molecule has 0 aliphatic carbocycles. The number of anilines is 1. The number of nitrogens with two attached hydrogens (primary N) is 1. The van der Waals surface area contributed by atoms with Crippen molar-refractivity contribution >= 4 is 32.2 Å². The molecule has 0 unspecified atom stereocenters. The molecule has 3 N–H and O–H groups in total. The molecule has 1 aromatic heterocycles. The summed E-state index contributed by atoms with van der Waals surface area (Å²) in [4.78, 5) is 11.7. The van der Waals surface area contributed by atoms with E-state index < -0.39 is 21.0 Å². The average molecular weight is 340 g/mol. The normalized spacial score (nSPS) is 12.8. The van der Waals surface area contributed by atoms with Crippen molar-refractivity contribution in [1.82, 2.24) is 10.2 Å². The van der Waals surface area contributed by atoms with Gasteiger partial charge in [0.1, 0.15) is 0 Å². The van der Waals surface area contributed by atoms with E-state index in [1.807, 2.05) is 6.92 Å². The van der Waals surface area contributed by atoms with Crippen LogP contribution in [0.15, 0.2) is 34.7 Å². The third kappa shape index (κ3) is 3.42. The highest BCUT2D eigenvalue weighted by Gasteiger charge is 2.36. The zero-order chi connectivity index (χ0) is 16.2. The number of amides is 1. The third-order valence-electron chi connectivity index (χ3n) is 2.85. The van der Waals surface area contributed by atoms with Gasteiger partial charge >= 0.3 is 0 Å². The second-order valence-corrected chi connectivity index (χ2v) is 7.72. The summed E-state index contributed by atoms with van der Waals surface area (Å²) in [5.41, 5.74) is 5.62. The molecule has 0 aliphatic heterocycles. The summed E-state index contributed by atoms with van der Waals surface area (Å²) in [6.07, 6.45) is 0.871. The molecule has 0 fully saturated rings. The average Bonchev–Trinajstić information content (AvgIpc) is 2.95. The van der Waals surface area contributed by atoms with Crippen LogP contribution in [0.25, 0.3) is 0 Å². The van der Waals surface area contributed by atoms with Crippen molar-refractivity contribution < 1.29 is 13.2 Å². The lowest BCUT2D eigenvalue weighted by atomic mass is 10.1. The summed E-state index contributed by atoms with van der Waals surface area (Å²) in [6.45, 7) is 2.64. The number of sulfone groups is 1.